The molecule has 0 radical (unpaired) electrons. The number of nitrogens with zero attached hydrogens (tertiary/aromatic N) is 4. The van der Waals surface area contributed by atoms with Gasteiger partial charge in [-0.15, -0.1) is 0 Å². The summed E-state index contributed by atoms with van der Waals surface area (Å²) in [5, 5.41) is 10.3. The lowest BCUT2D eigenvalue weighted by Crippen LogP contribution is -2.09. The van der Waals surface area contributed by atoms with Crippen molar-refractivity contribution < 1.29 is 9.53 Å². The zero-order valence-corrected chi connectivity index (χ0v) is 15.1. The fourth-order valence-corrected chi connectivity index (χ4v) is 3.08. The number of allylic oxidation sites excluding steroid dienone is 1. The number of ether oxygens (including phenoxy) is 1. The molecular formula is C19H18N6O2. The molecule has 3 aromatic rings. The zero-order chi connectivity index (χ0) is 19.0. The number of anilines is 2. The van der Waals surface area contributed by atoms with Crippen molar-refractivity contribution in [1.29, 1.82) is 0 Å². The molecule has 0 saturated carbocycles. The van der Waals surface area contributed by atoms with E-state index in [1.54, 1.807) is 36.4 Å². The standard InChI is InChI=1S/C19H18N6O2/c1-11(22-17-5-7-25(2)24-17)18-12-8-14(21-10-15(12)23-19(18)26)13-9-20-6-4-16(13)27-3/h4-10H,1-3H3,(H,22,24)(H,23,26)/b18-11-. The number of amides is 1. The van der Waals surface area contributed by atoms with Gasteiger partial charge in [-0.1, -0.05) is 0 Å². The van der Waals surface area contributed by atoms with Crippen molar-refractivity contribution >= 4 is 23.0 Å². The summed E-state index contributed by atoms with van der Waals surface area (Å²) in [6, 6.07) is 5.49. The maximum Gasteiger partial charge on any atom is 0.258 e. The lowest BCUT2D eigenvalue weighted by atomic mass is 10.0. The highest BCUT2D eigenvalue weighted by Gasteiger charge is 2.28. The molecule has 0 saturated heterocycles. The van der Waals surface area contributed by atoms with E-state index in [0.717, 1.165) is 11.1 Å². The van der Waals surface area contributed by atoms with E-state index in [1.807, 2.05) is 32.3 Å². The van der Waals surface area contributed by atoms with Gasteiger partial charge in [-0.25, -0.2) is 0 Å². The molecule has 0 fully saturated rings. The number of aromatic nitrogens is 4. The third-order valence-corrected chi connectivity index (χ3v) is 4.33. The van der Waals surface area contributed by atoms with Crippen LogP contribution in [-0.2, 0) is 11.8 Å². The number of hydrogen-bond acceptors (Lipinski definition) is 6. The summed E-state index contributed by atoms with van der Waals surface area (Å²) in [5.41, 5.74) is 4.15. The Morgan fingerprint density at radius 2 is 2.11 bits per heavy atom. The first-order chi connectivity index (χ1) is 13.1. The van der Waals surface area contributed by atoms with Gasteiger partial charge in [0.2, 0.25) is 0 Å². The summed E-state index contributed by atoms with van der Waals surface area (Å²) in [5.74, 6) is 1.17. The largest absolute Gasteiger partial charge is 0.496 e. The normalized spacial score (nSPS) is 14.6. The molecule has 8 heteroatoms. The minimum Gasteiger partial charge on any atom is -0.496 e. The van der Waals surface area contributed by atoms with E-state index in [1.165, 1.54) is 0 Å². The molecule has 0 spiro atoms. The smallest absolute Gasteiger partial charge is 0.258 e. The third kappa shape index (κ3) is 3.01. The van der Waals surface area contributed by atoms with Gasteiger partial charge in [-0.3, -0.25) is 19.4 Å². The average Bonchev–Trinajstić information content (AvgIpc) is 3.22. The first-order valence-corrected chi connectivity index (χ1v) is 8.34. The Kier molecular flexibility index (Phi) is 4.08. The highest BCUT2D eigenvalue weighted by molar-refractivity contribution is 6.32. The van der Waals surface area contributed by atoms with Crippen LogP contribution in [0.3, 0.4) is 0 Å². The van der Waals surface area contributed by atoms with Crippen molar-refractivity contribution in [1.82, 2.24) is 19.7 Å². The third-order valence-electron chi connectivity index (χ3n) is 4.33. The van der Waals surface area contributed by atoms with Crippen LogP contribution in [0.25, 0.3) is 16.8 Å². The molecule has 1 aliphatic heterocycles. The van der Waals surface area contributed by atoms with Gasteiger partial charge in [0.25, 0.3) is 5.91 Å². The van der Waals surface area contributed by atoms with Crippen LogP contribution in [0.15, 0.2) is 48.7 Å². The molecule has 0 bridgehead atoms. The molecule has 136 valence electrons. The second-order valence-electron chi connectivity index (χ2n) is 6.14. The van der Waals surface area contributed by atoms with Gasteiger partial charge in [-0.2, -0.15) is 5.10 Å². The number of carbonyl (C=O) groups is 1. The minimum absolute atomic E-state index is 0.178. The first-order valence-electron chi connectivity index (χ1n) is 8.34. The predicted molar refractivity (Wildman–Crippen MR) is 102 cm³/mol. The van der Waals surface area contributed by atoms with Crippen LogP contribution in [0, 0.1) is 0 Å². The maximum absolute atomic E-state index is 12.5. The number of hydrogen-bond donors (Lipinski definition) is 2. The van der Waals surface area contributed by atoms with Gasteiger partial charge in [0.05, 0.1) is 35.8 Å². The molecule has 4 rings (SSSR count). The summed E-state index contributed by atoms with van der Waals surface area (Å²) in [4.78, 5) is 21.1. The molecule has 0 aromatic carbocycles. The van der Waals surface area contributed by atoms with E-state index < -0.39 is 0 Å². The average molecular weight is 362 g/mol. The second kappa shape index (κ2) is 6.56. The molecule has 8 nitrogen and oxygen atoms in total. The summed E-state index contributed by atoms with van der Waals surface area (Å²) >= 11 is 0. The van der Waals surface area contributed by atoms with Crippen LogP contribution < -0.4 is 15.4 Å². The van der Waals surface area contributed by atoms with Gasteiger partial charge < -0.3 is 15.4 Å². The monoisotopic (exact) mass is 362 g/mol. The van der Waals surface area contributed by atoms with Gasteiger partial charge in [0.1, 0.15) is 5.75 Å². The number of methoxy groups -OCH3 is 1. The number of pyridine rings is 2. The SMILES string of the molecule is COc1ccncc1-c1cc2c(cn1)NC(=O)/C2=C(/C)Nc1ccn(C)n1. The molecule has 0 aliphatic carbocycles. The number of nitrogens with one attached hydrogen (secondary N) is 2. The number of fused-ring (bicyclic) bond motifs is 1. The van der Waals surface area contributed by atoms with Crippen molar-refractivity contribution in [2.45, 2.75) is 6.92 Å². The highest BCUT2D eigenvalue weighted by Crippen LogP contribution is 2.37. The maximum atomic E-state index is 12.5. The van der Waals surface area contributed by atoms with Crippen molar-refractivity contribution in [2.75, 3.05) is 17.7 Å². The molecule has 0 atom stereocenters. The van der Waals surface area contributed by atoms with Crippen LogP contribution in [0.5, 0.6) is 5.75 Å². The lowest BCUT2D eigenvalue weighted by Gasteiger charge is -2.10. The summed E-state index contributed by atoms with van der Waals surface area (Å²) in [7, 11) is 3.44. The Morgan fingerprint density at radius 1 is 1.26 bits per heavy atom. The Bertz CT molecular complexity index is 1070. The van der Waals surface area contributed by atoms with Crippen molar-refractivity contribution in [3.63, 3.8) is 0 Å². The quantitative estimate of drug-likeness (QED) is 0.693. The fraction of sp³-hybridized carbons (Fsp3) is 0.158. The van der Waals surface area contributed by atoms with Gasteiger partial charge in [0, 0.05) is 43.0 Å². The van der Waals surface area contributed by atoms with Crippen LogP contribution in [-0.4, -0.2) is 32.8 Å². The van der Waals surface area contributed by atoms with E-state index in [2.05, 4.69) is 25.7 Å². The van der Waals surface area contributed by atoms with Gasteiger partial charge in [0.15, 0.2) is 5.82 Å². The number of aryl methyl sites for hydroxylation is 1. The highest BCUT2D eigenvalue weighted by atomic mass is 16.5. The van der Waals surface area contributed by atoms with E-state index in [4.69, 9.17) is 4.74 Å². The van der Waals surface area contributed by atoms with E-state index in [9.17, 15) is 4.79 Å². The predicted octanol–water partition coefficient (Wildman–Crippen LogP) is 2.68. The molecule has 3 aromatic heterocycles. The molecule has 0 unspecified atom stereocenters. The Balaban J connectivity index is 1.78. The van der Waals surface area contributed by atoms with Gasteiger partial charge >= 0.3 is 0 Å². The number of carbonyl (C=O) groups excluding carboxylic acids is 1. The molecule has 4 heterocycles. The van der Waals surface area contributed by atoms with E-state index in [-0.39, 0.29) is 5.91 Å². The second-order valence-corrected chi connectivity index (χ2v) is 6.14. The summed E-state index contributed by atoms with van der Waals surface area (Å²) < 4.78 is 7.09. The van der Waals surface area contributed by atoms with Crippen molar-refractivity contribution in [3.05, 3.63) is 54.2 Å². The minimum atomic E-state index is -0.178. The molecule has 1 amide bonds. The summed E-state index contributed by atoms with van der Waals surface area (Å²) in [6.45, 7) is 1.85. The topological polar surface area (TPSA) is 94.0 Å². The molecular weight excluding hydrogens is 344 g/mol. The Morgan fingerprint density at radius 3 is 2.85 bits per heavy atom. The van der Waals surface area contributed by atoms with Crippen LogP contribution in [0.1, 0.15) is 12.5 Å². The van der Waals surface area contributed by atoms with E-state index >= 15 is 0 Å². The van der Waals surface area contributed by atoms with Crippen LogP contribution >= 0.6 is 0 Å². The van der Waals surface area contributed by atoms with Crippen LogP contribution in [0.4, 0.5) is 11.5 Å². The van der Waals surface area contributed by atoms with E-state index in [0.29, 0.717) is 34.2 Å². The molecule has 27 heavy (non-hydrogen) atoms. The Labute approximate surface area is 155 Å². The molecule has 1 aliphatic rings. The van der Waals surface area contributed by atoms with Crippen molar-refractivity contribution in [2.24, 2.45) is 7.05 Å². The lowest BCUT2D eigenvalue weighted by molar-refractivity contribution is -0.110. The molecule has 2 N–H and O–H groups in total. The Hall–Kier alpha value is -3.68. The number of rotatable bonds is 4. The zero-order valence-electron chi connectivity index (χ0n) is 15.1. The van der Waals surface area contributed by atoms with Gasteiger partial charge in [-0.05, 0) is 19.1 Å². The fourth-order valence-electron chi connectivity index (χ4n) is 3.08. The van der Waals surface area contributed by atoms with Crippen molar-refractivity contribution in [3.8, 4) is 17.0 Å². The summed E-state index contributed by atoms with van der Waals surface area (Å²) in [6.07, 6.45) is 6.84. The first kappa shape index (κ1) is 16.8. The van der Waals surface area contributed by atoms with Crippen LogP contribution in [0.2, 0.25) is 0 Å².